The summed E-state index contributed by atoms with van der Waals surface area (Å²) >= 11 is 3.53. The van der Waals surface area contributed by atoms with Crippen LogP contribution < -0.4 is 5.22 Å². The topological polar surface area (TPSA) is 12.9 Å². The smallest absolute Gasteiger partial charge is 0.0791 e. The molecule has 5 aromatic carbocycles. The van der Waals surface area contributed by atoms with Gasteiger partial charge in [-0.1, -0.05) is 113 Å². The Kier molecular flexibility index (Phi) is 4.21. The second-order valence-electron chi connectivity index (χ2n) is 9.72. The van der Waals surface area contributed by atoms with Crippen molar-refractivity contribution in [3.63, 3.8) is 0 Å². The fourth-order valence-electron chi connectivity index (χ4n) is 5.90. The van der Waals surface area contributed by atoms with E-state index in [2.05, 4.69) is 131 Å². The highest BCUT2D eigenvalue weighted by molar-refractivity contribution is 9.10. The van der Waals surface area contributed by atoms with E-state index in [0.29, 0.717) is 0 Å². The summed E-state index contributed by atoms with van der Waals surface area (Å²) in [6.07, 6.45) is 11.4. The Balaban J connectivity index is 1.29. The highest BCUT2D eigenvalue weighted by Crippen LogP contribution is 2.39. The minimum absolute atomic E-state index is 0.218. The first kappa shape index (κ1) is 20.2. The molecule has 8 rings (SSSR count). The number of pyridine rings is 1. The molecular weight excluding hydrogens is 502 g/mol. The number of benzene rings is 5. The lowest BCUT2D eigenvalue weighted by Crippen LogP contribution is -2.14. The summed E-state index contributed by atoms with van der Waals surface area (Å²) in [4.78, 5) is 5.24. The molecule has 0 saturated carbocycles. The van der Waals surface area contributed by atoms with E-state index in [4.69, 9.17) is 4.98 Å². The molecule has 0 radical (unpaired) electrons. The molecule has 1 nitrogen and oxygen atoms in total. The van der Waals surface area contributed by atoms with Crippen LogP contribution in [0.25, 0.3) is 68.0 Å². The molecule has 2 aliphatic rings. The number of rotatable bonds is 2. The quantitative estimate of drug-likeness (QED) is 0.163. The van der Waals surface area contributed by atoms with E-state index in [1.54, 1.807) is 0 Å². The second kappa shape index (κ2) is 7.49. The van der Waals surface area contributed by atoms with Crippen LogP contribution in [-0.2, 0) is 0 Å². The number of hydrogen-bond acceptors (Lipinski definition) is 1. The molecule has 36 heavy (non-hydrogen) atoms. The average Bonchev–Trinajstić information content (AvgIpc) is 3.36. The van der Waals surface area contributed by atoms with Crippen LogP contribution in [0.5, 0.6) is 0 Å². The summed E-state index contributed by atoms with van der Waals surface area (Å²) in [5.74, 6) is 0.218. The van der Waals surface area contributed by atoms with Crippen LogP contribution in [0.15, 0.2) is 95.5 Å². The van der Waals surface area contributed by atoms with Crippen LogP contribution >= 0.6 is 15.9 Å². The molecule has 0 fully saturated rings. The standard InChI is InChI=1S/C34H20BrN/c35-27-14-9-21(10-15-27)20-1-3-22(4-2-20)26-8-5-23-11-17-29-28-16-12-24-6-7-25-13-18-31(33(28)32(24)25)36-34(29)30(23)19-26/h1-19,26H. The zero-order chi connectivity index (χ0) is 23.8. The lowest BCUT2D eigenvalue weighted by molar-refractivity contribution is 1.13. The highest BCUT2D eigenvalue weighted by Gasteiger charge is 2.18. The van der Waals surface area contributed by atoms with Crippen molar-refractivity contribution in [2.45, 2.75) is 5.92 Å². The maximum absolute atomic E-state index is 5.24. The Hall–Kier alpha value is -4.01. The van der Waals surface area contributed by atoms with Gasteiger partial charge in [0.25, 0.3) is 0 Å². The van der Waals surface area contributed by atoms with E-state index in [9.17, 15) is 0 Å². The van der Waals surface area contributed by atoms with Crippen molar-refractivity contribution in [2.75, 3.05) is 0 Å². The molecule has 6 aromatic rings. The average molecular weight is 522 g/mol. The molecule has 1 aromatic heterocycles. The van der Waals surface area contributed by atoms with Gasteiger partial charge in [0.2, 0.25) is 0 Å². The van der Waals surface area contributed by atoms with Gasteiger partial charge >= 0.3 is 0 Å². The lowest BCUT2D eigenvalue weighted by Gasteiger charge is -2.17. The van der Waals surface area contributed by atoms with Crippen molar-refractivity contribution in [1.29, 1.82) is 0 Å². The molecule has 2 heteroatoms. The van der Waals surface area contributed by atoms with E-state index in [0.717, 1.165) is 15.5 Å². The normalized spacial score (nSPS) is 15.6. The molecule has 2 aliphatic carbocycles. The third-order valence-electron chi connectivity index (χ3n) is 7.72. The first-order chi connectivity index (χ1) is 17.7. The molecule has 1 atom stereocenters. The van der Waals surface area contributed by atoms with E-state index >= 15 is 0 Å². The van der Waals surface area contributed by atoms with Crippen LogP contribution in [0, 0.1) is 0 Å². The van der Waals surface area contributed by atoms with Gasteiger partial charge in [0.1, 0.15) is 0 Å². The number of aromatic nitrogens is 1. The van der Waals surface area contributed by atoms with Gasteiger partial charge in [-0.25, -0.2) is 4.98 Å². The predicted octanol–water partition coefficient (Wildman–Crippen LogP) is 8.76. The Morgan fingerprint density at radius 1 is 0.583 bits per heavy atom. The summed E-state index contributed by atoms with van der Waals surface area (Å²) in [6.45, 7) is 0. The molecule has 0 saturated heterocycles. The summed E-state index contributed by atoms with van der Waals surface area (Å²) in [6, 6.07) is 30.8. The van der Waals surface area contributed by atoms with Crippen LogP contribution in [0.4, 0.5) is 0 Å². The van der Waals surface area contributed by atoms with Crippen LogP contribution in [-0.4, -0.2) is 4.98 Å². The Morgan fingerprint density at radius 2 is 1.25 bits per heavy atom. The maximum atomic E-state index is 5.24. The summed E-state index contributed by atoms with van der Waals surface area (Å²) in [7, 11) is 0. The Bertz CT molecular complexity index is 1960. The molecule has 0 aliphatic heterocycles. The number of hydrogen-bond donors (Lipinski definition) is 0. The monoisotopic (exact) mass is 521 g/mol. The van der Waals surface area contributed by atoms with Gasteiger partial charge in [-0.3, -0.25) is 0 Å². The summed E-state index contributed by atoms with van der Waals surface area (Å²) in [5.41, 5.74) is 9.74. The van der Waals surface area contributed by atoms with Crippen molar-refractivity contribution in [3.8, 4) is 11.1 Å². The third kappa shape index (κ3) is 2.91. The summed E-state index contributed by atoms with van der Waals surface area (Å²) in [5, 5.41) is 6.38. The minimum Gasteiger partial charge on any atom is -0.247 e. The largest absolute Gasteiger partial charge is 0.247 e. The van der Waals surface area contributed by atoms with Gasteiger partial charge in [-0.15, -0.1) is 0 Å². The SMILES string of the molecule is Brc1ccc(-c2ccc(C3C=Cc4ccc5c(nc6ccc7c8c(ccc5c68)C=C7)c4=C3)cc2)cc1. The molecule has 0 spiro atoms. The molecular formula is C34H20BrN. The van der Waals surface area contributed by atoms with E-state index in [1.807, 2.05) is 0 Å². The molecule has 1 heterocycles. The van der Waals surface area contributed by atoms with Gasteiger partial charge in [0.05, 0.1) is 11.0 Å². The van der Waals surface area contributed by atoms with Crippen molar-refractivity contribution in [1.82, 2.24) is 4.98 Å². The minimum atomic E-state index is 0.218. The van der Waals surface area contributed by atoms with E-state index in [1.165, 1.54) is 60.1 Å². The van der Waals surface area contributed by atoms with Crippen LogP contribution in [0.2, 0.25) is 0 Å². The van der Waals surface area contributed by atoms with E-state index < -0.39 is 0 Å². The number of fused-ring (bicyclic) bond motifs is 4. The van der Waals surface area contributed by atoms with Gasteiger partial charge in [-0.05, 0) is 62.4 Å². The maximum Gasteiger partial charge on any atom is 0.0791 e. The first-order valence-electron chi connectivity index (χ1n) is 12.3. The molecule has 0 bridgehead atoms. The fourth-order valence-corrected chi connectivity index (χ4v) is 6.16. The lowest BCUT2D eigenvalue weighted by atomic mass is 9.89. The molecule has 168 valence electrons. The van der Waals surface area contributed by atoms with Gasteiger partial charge in [0.15, 0.2) is 0 Å². The van der Waals surface area contributed by atoms with Gasteiger partial charge in [0, 0.05) is 26.4 Å². The van der Waals surface area contributed by atoms with Crippen molar-refractivity contribution in [3.05, 3.63) is 123 Å². The Morgan fingerprint density at radius 3 is 2.03 bits per heavy atom. The number of halogens is 1. The number of allylic oxidation sites excluding steroid dienone is 1. The van der Waals surface area contributed by atoms with Crippen LogP contribution in [0.1, 0.15) is 28.2 Å². The van der Waals surface area contributed by atoms with Crippen molar-refractivity contribution >= 4 is 72.8 Å². The second-order valence-corrected chi connectivity index (χ2v) is 10.6. The Labute approximate surface area is 217 Å². The predicted molar refractivity (Wildman–Crippen MR) is 157 cm³/mol. The number of nitrogens with zero attached hydrogens (tertiary/aromatic N) is 1. The molecule has 1 unspecified atom stereocenters. The highest BCUT2D eigenvalue weighted by atomic mass is 79.9. The zero-order valence-corrected chi connectivity index (χ0v) is 21.0. The van der Waals surface area contributed by atoms with Gasteiger partial charge in [-0.2, -0.15) is 0 Å². The van der Waals surface area contributed by atoms with Gasteiger partial charge < -0.3 is 0 Å². The summed E-state index contributed by atoms with van der Waals surface area (Å²) < 4.78 is 1.10. The first-order valence-corrected chi connectivity index (χ1v) is 13.1. The zero-order valence-electron chi connectivity index (χ0n) is 19.4. The van der Waals surface area contributed by atoms with Crippen LogP contribution in [0.3, 0.4) is 0 Å². The van der Waals surface area contributed by atoms with Crippen molar-refractivity contribution in [2.24, 2.45) is 0 Å². The fraction of sp³-hybridized carbons (Fsp3) is 0.0294. The molecule has 0 N–H and O–H groups in total. The molecule has 0 amide bonds. The third-order valence-corrected chi connectivity index (χ3v) is 8.25. The van der Waals surface area contributed by atoms with Crippen molar-refractivity contribution < 1.29 is 0 Å². The van der Waals surface area contributed by atoms with E-state index in [-0.39, 0.29) is 5.92 Å².